The standard InChI is InChI=1S/C15H12Cl2O3/c1-10-2-7-13(17)14(8-10)20-15(18)9-19-12-5-3-11(16)4-6-12/h2-8H,9H2,1H3. The molecule has 0 saturated heterocycles. The van der Waals surface area contributed by atoms with Gasteiger partial charge >= 0.3 is 5.97 Å². The molecule has 2 aromatic carbocycles. The average molecular weight is 311 g/mol. The number of esters is 1. The van der Waals surface area contributed by atoms with Crippen LogP contribution in [-0.2, 0) is 4.79 Å². The maximum Gasteiger partial charge on any atom is 0.349 e. The minimum atomic E-state index is -0.521. The van der Waals surface area contributed by atoms with E-state index in [0.717, 1.165) is 5.56 Å². The Hall–Kier alpha value is -1.71. The summed E-state index contributed by atoms with van der Waals surface area (Å²) in [4.78, 5) is 11.7. The summed E-state index contributed by atoms with van der Waals surface area (Å²) in [5, 5.41) is 0.988. The van der Waals surface area contributed by atoms with E-state index in [-0.39, 0.29) is 6.61 Å². The zero-order valence-corrected chi connectivity index (χ0v) is 12.2. The lowest BCUT2D eigenvalue weighted by atomic mass is 10.2. The van der Waals surface area contributed by atoms with Gasteiger partial charge in [0.25, 0.3) is 0 Å². The van der Waals surface area contributed by atoms with Gasteiger partial charge < -0.3 is 9.47 Å². The number of aryl methyl sites for hydroxylation is 1. The number of carbonyl (C=O) groups excluding carboxylic acids is 1. The number of ether oxygens (including phenoxy) is 2. The van der Waals surface area contributed by atoms with Crippen molar-refractivity contribution in [1.29, 1.82) is 0 Å². The summed E-state index contributed by atoms with van der Waals surface area (Å²) < 4.78 is 10.4. The first-order chi connectivity index (χ1) is 9.54. The fourth-order valence-electron chi connectivity index (χ4n) is 1.51. The normalized spacial score (nSPS) is 10.2. The molecule has 0 N–H and O–H groups in total. The molecule has 0 saturated carbocycles. The van der Waals surface area contributed by atoms with Crippen molar-refractivity contribution in [2.75, 3.05) is 6.61 Å². The summed E-state index contributed by atoms with van der Waals surface area (Å²) in [6.07, 6.45) is 0. The number of hydrogen-bond acceptors (Lipinski definition) is 3. The van der Waals surface area contributed by atoms with Gasteiger partial charge in [-0.3, -0.25) is 0 Å². The van der Waals surface area contributed by atoms with Gasteiger partial charge in [-0.15, -0.1) is 0 Å². The van der Waals surface area contributed by atoms with Crippen molar-refractivity contribution in [2.45, 2.75) is 6.92 Å². The van der Waals surface area contributed by atoms with Gasteiger partial charge in [0.15, 0.2) is 6.61 Å². The van der Waals surface area contributed by atoms with Gasteiger partial charge in [-0.25, -0.2) is 4.79 Å². The molecule has 0 fully saturated rings. The van der Waals surface area contributed by atoms with Crippen molar-refractivity contribution in [3.8, 4) is 11.5 Å². The number of benzene rings is 2. The van der Waals surface area contributed by atoms with Gasteiger partial charge in [0.2, 0.25) is 0 Å². The highest BCUT2D eigenvalue weighted by atomic mass is 35.5. The van der Waals surface area contributed by atoms with Crippen LogP contribution in [0.3, 0.4) is 0 Å². The Morgan fingerprint density at radius 3 is 2.50 bits per heavy atom. The van der Waals surface area contributed by atoms with Crippen LogP contribution in [0, 0.1) is 6.92 Å². The van der Waals surface area contributed by atoms with Crippen molar-refractivity contribution in [3.05, 3.63) is 58.1 Å². The van der Waals surface area contributed by atoms with Crippen LogP contribution >= 0.6 is 23.2 Å². The number of rotatable bonds is 4. The second kappa shape index (κ2) is 6.64. The highest BCUT2D eigenvalue weighted by molar-refractivity contribution is 6.32. The van der Waals surface area contributed by atoms with E-state index in [4.69, 9.17) is 32.7 Å². The molecule has 0 aliphatic rings. The minimum absolute atomic E-state index is 0.202. The van der Waals surface area contributed by atoms with Crippen molar-refractivity contribution < 1.29 is 14.3 Å². The maximum atomic E-state index is 11.7. The molecule has 0 aromatic heterocycles. The van der Waals surface area contributed by atoms with Crippen LogP contribution < -0.4 is 9.47 Å². The van der Waals surface area contributed by atoms with Gasteiger partial charge in [-0.05, 0) is 48.9 Å². The number of halogens is 2. The Balaban J connectivity index is 1.92. The van der Waals surface area contributed by atoms with Gasteiger partial charge in [0.05, 0.1) is 5.02 Å². The first-order valence-electron chi connectivity index (χ1n) is 5.90. The van der Waals surface area contributed by atoms with Crippen molar-refractivity contribution in [3.63, 3.8) is 0 Å². The van der Waals surface area contributed by atoms with Crippen LogP contribution in [0.4, 0.5) is 0 Å². The van der Waals surface area contributed by atoms with Gasteiger partial charge in [-0.2, -0.15) is 0 Å². The molecule has 0 atom stereocenters. The van der Waals surface area contributed by atoms with E-state index in [2.05, 4.69) is 0 Å². The van der Waals surface area contributed by atoms with Crippen LogP contribution in [0.15, 0.2) is 42.5 Å². The molecule has 5 heteroatoms. The Morgan fingerprint density at radius 1 is 1.10 bits per heavy atom. The second-order valence-corrected chi connectivity index (χ2v) is 4.99. The summed E-state index contributed by atoms with van der Waals surface area (Å²) >= 11 is 11.7. The monoisotopic (exact) mass is 310 g/mol. The third kappa shape index (κ3) is 4.15. The van der Waals surface area contributed by atoms with E-state index in [9.17, 15) is 4.79 Å². The average Bonchev–Trinajstić information content (AvgIpc) is 2.42. The van der Waals surface area contributed by atoms with Gasteiger partial charge in [-0.1, -0.05) is 29.3 Å². The molecule has 3 nitrogen and oxygen atoms in total. The fraction of sp³-hybridized carbons (Fsp3) is 0.133. The quantitative estimate of drug-likeness (QED) is 0.624. The molecule has 0 aliphatic heterocycles. The summed E-state index contributed by atoms with van der Waals surface area (Å²) in [5.41, 5.74) is 0.954. The van der Waals surface area contributed by atoms with Crippen LogP contribution in [0.2, 0.25) is 10.0 Å². The van der Waals surface area contributed by atoms with E-state index < -0.39 is 5.97 Å². The minimum Gasteiger partial charge on any atom is -0.482 e. The molecule has 0 amide bonds. The molecule has 104 valence electrons. The SMILES string of the molecule is Cc1ccc(Cl)c(OC(=O)COc2ccc(Cl)cc2)c1. The summed E-state index contributed by atoms with van der Waals surface area (Å²) in [6.45, 7) is 1.68. The Kier molecular flexibility index (Phi) is 4.88. The lowest BCUT2D eigenvalue weighted by Crippen LogP contribution is -2.17. The first-order valence-corrected chi connectivity index (χ1v) is 6.65. The highest BCUT2D eigenvalue weighted by Gasteiger charge is 2.09. The molecule has 0 heterocycles. The predicted octanol–water partition coefficient (Wildman–Crippen LogP) is 4.29. The summed E-state index contributed by atoms with van der Waals surface area (Å²) in [5.74, 6) is 0.352. The lowest BCUT2D eigenvalue weighted by molar-refractivity contribution is -0.136. The third-order valence-electron chi connectivity index (χ3n) is 2.48. The van der Waals surface area contributed by atoms with Crippen LogP contribution in [0.5, 0.6) is 11.5 Å². The van der Waals surface area contributed by atoms with Crippen LogP contribution in [-0.4, -0.2) is 12.6 Å². The van der Waals surface area contributed by atoms with E-state index in [1.807, 2.05) is 13.0 Å². The fourth-order valence-corrected chi connectivity index (χ4v) is 1.80. The van der Waals surface area contributed by atoms with Crippen molar-refractivity contribution in [1.82, 2.24) is 0 Å². The van der Waals surface area contributed by atoms with E-state index in [0.29, 0.717) is 21.5 Å². The van der Waals surface area contributed by atoms with Crippen molar-refractivity contribution in [2.24, 2.45) is 0 Å². The smallest absolute Gasteiger partial charge is 0.349 e. The second-order valence-electron chi connectivity index (χ2n) is 4.15. The molecular weight excluding hydrogens is 299 g/mol. The molecular formula is C15H12Cl2O3. The Bertz CT molecular complexity index is 609. The van der Waals surface area contributed by atoms with Gasteiger partial charge in [0.1, 0.15) is 11.5 Å². The van der Waals surface area contributed by atoms with E-state index in [1.165, 1.54) is 0 Å². The molecule has 20 heavy (non-hydrogen) atoms. The third-order valence-corrected chi connectivity index (χ3v) is 3.05. The molecule has 2 aromatic rings. The molecule has 0 aliphatic carbocycles. The van der Waals surface area contributed by atoms with E-state index in [1.54, 1.807) is 36.4 Å². The van der Waals surface area contributed by atoms with Crippen molar-refractivity contribution >= 4 is 29.2 Å². The van der Waals surface area contributed by atoms with Crippen LogP contribution in [0.1, 0.15) is 5.56 Å². The highest BCUT2D eigenvalue weighted by Crippen LogP contribution is 2.25. The zero-order chi connectivity index (χ0) is 14.5. The summed E-state index contributed by atoms with van der Waals surface area (Å²) in [6, 6.07) is 11.9. The number of carbonyl (C=O) groups is 1. The topological polar surface area (TPSA) is 35.5 Å². The molecule has 0 bridgehead atoms. The zero-order valence-electron chi connectivity index (χ0n) is 10.7. The summed E-state index contributed by atoms with van der Waals surface area (Å²) in [7, 11) is 0. The predicted molar refractivity (Wildman–Crippen MR) is 78.8 cm³/mol. The Morgan fingerprint density at radius 2 is 1.80 bits per heavy atom. The largest absolute Gasteiger partial charge is 0.482 e. The molecule has 0 radical (unpaired) electrons. The van der Waals surface area contributed by atoms with Gasteiger partial charge in [0, 0.05) is 5.02 Å². The molecule has 2 rings (SSSR count). The molecule has 0 spiro atoms. The maximum absolute atomic E-state index is 11.7. The Labute approximate surface area is 127 Å². The molecule has 0 unspecified atom stereocenters. The van der Waals surface area contributed by atoms with Crippen LogP contribution in [0.25, 0.3) is 0 Å². The number of hydrogen-bond donors (Lipinski definition) is 0. The van der Waals surface area contributed by atoms with E-state index >= 15 is 0 Å². The first kappa shape index (κ1) is 14.7. The lowest BCUT2D eigenvalue weighted by Gasteiger charge is -2.08.